The lowest BCUT2D eigenvalue weighted by Gasteiger charge is -2.21. The first-order chi connectivity index (χ1) is 18.3. The van der Waals surface area contributed by atoms with E-state index in [9.17, 15) is 23.1 Å². The standard InChI is InChI=1S/C27H25N3O7S/c31-19-9-2-1-3-10-20-23(19)26(32)24(27(33)36-20)22(15-12-13-15)16-6-4-7-17(14-16)30-38(34,35)21-11-5-8-18-25(21)29-37-28-18/h4-8,11,14-15,22,30,32H,1-3,9-10,12-13H2. The Kier molecular flexibility index (Phi) is 6.02. The second-order valence-corrected chi connectivity index (χ2v) is 11.5. The molecule has 0 spiro atoms. The number of aromatic nitrogens is 2. The number of anilines is 1. The van der Waals surface area contributed by atoms with Crippen molar-refractivity contribution in [2.75, 3.05) is 4.72 Å². The number of fused-ring (bicyclic) bond motifs is 2. The van der Waals surface area contributed by atoms with Gasteiger partial charge in [-0.25, -0.2) is 17.8 Å². The molecule has 0 bridgehead atoms. The average Bonchev–Trinajstić information content (AvgIpc) is 3.59. The van der Waals surface area contributed by atoms with Gasteiger partial charge >= 0.3 is 5.63 Å². The number of aryl methyl sites for hydroxylation is 1. The number of Topliss-reactive ketones (excluding diaryl/α,β-unsaturated/α-hetero) is 1. The lowest BCUT2D eigenvalue weighted by Crippen LogP contribution is -2.21. The van der Waals surface area contributed by atoms with E-state index in [4.69, 9.17) is 4.42 Å². The van der Waals surface area contributed by atoms with E-state index in [2.05, 4.69) is 19.7 Å². The van der Waals surface area contributed by atoms with Gasteiger partial charge in [0.05, 0.1) is 11.1 Å². The summed E-state index contributed by atoms with van der Waals surface area (Å²) in [5.74, 6) is -0.797. The summed E-state index contributed by atoms with van der Waals surface area (Å²) < 4.78 is 39.3. The second-order valence-electron chi connectivity index (χ2n) is 9.87. The Morgan fingerprint density at radius 3 is 2.61 bits per heavy atom. The molecular formula is C27H25N3O7S. The second kappa shape index (κ2) is 9.39. The summed E-state index contributed by atoms with van der Waals surface area (Å²) in [5.41, 5.74) is 0.825. The fraction of sp³-hybridized carbons (Fsp3) is 0.333. The Balaban J connectivity index is 1.40. The molecule has 4 aromatic rings. The van der Waals surface area contributed by atoms with Gasteiger partial charge in [0, 0.05) is 24.4 Å². The first-order valence-electron chi connectivity index (χ1n) is 12.6. The van der Waals surface area contributed by atoms with Crippen molar-refractivity contribution >= 4 is 32.5 Å². The molecule has 1 fully saturated rings. The molecule has 38 heavy (non-hydrogen) atoms. The monoisotopic (exact) mass is 535 g/mol. The van der Waals surface area contributed by atoms with Crippen LogP contribution >= 0.6 is 0 Å². The Labute approximate surface area is 217 Å². The number of carbonyl (C=O) groups is 1. The number of rotatable bonds is 6. The smallest absolute Gasteiger partial charge is 0.343 e. The van der Waals surface area contributed by atoms with Crippen molar-refractivity contribution in [1.82, 2.24) is 10.3 Å². The summed E-state index contributed by atoms with van der Waals surface area (Å²) in [6.45, 7) is 0. The maximum Gasteiger partial charge on any atom is 0.343 e. The van der Waals surface area contributed by atoms with Crippen LogP contribution in [0.15, 0.2) is 61.2 Å². The van der Waals surface area contributed by atoms with E-state index < -0.39 is 21.6 Å². The minimum atomic E-state index is -4.05. The zero-order chi connectivity index (χ0) is 26.4. The van der Waals surface area contributed by atoms with Gasteiger partial charge in [-0.1, -0.05) is 24.6 Å². The van der Waals surface area contributed by atoms with Crippen molar-refractivity contribution in [1.29, 1.82) is 0 Å². The van der Waals surface area contributed by atoms with E-state index in [1.165, 1.54) is 6.07 Å². The van der Waals surface area contributed by atoms with Crippen molar-refractivity contribution in [3.63, 3.8) is 0 Å². The van der Waals surface area contributed by atoms with Crippen LogP contribution in [-0.2, 0) is 16.4 Å². The number of benzene rings is 2. The van der Waals surface area contributed by atoms with Crippen molar-refractivity contribution in [3.8, 4) is 5.75 Å². The molecule has 2 aromatic heterocycles. The molecule has 2 N–H and O–H groups in total. The normalized spacial score (nSPS) is 17.0. The topological polar surface area (TPSA) is 153 Å². The van der Waals surface area contributed by atoms with Gasteiger partial charge in [0.15, 0.2) is 11.3 Å². The van der Waals surface area contributed by atoms with Crippen LogP contribution in [0.5, 0.6) is 5.75 Å². The van der Waals surface area contributed by atoms with Gasteiger partial charge in [-0.2, -0.15) is 0 Å². The molecule has 0 saturated heterocycles. The lowest BCUT2D eigenvalue weighted by molar-refractivity contribution is 0.0968. The van der Waals surface area contributed by atoms with Crippen LogP contribution in [0.25, 0.3) is 11.0 Å². The van der Waals surface area contributed by atoms with Crippen molar-refractivity contribution < 1.29 is 27.4 Å². The van der Waals surface area contributed by atoms with Gasteiger partial charge in [-0.15, -0.1) is 0 Å². The largest absolute Gasteiger partial charge is 0.506 e. The van der Waals surface area contributed by atoms with E-state index >= 15 is 0 Å². The maximum atomic E-state index is 13.2. The molecule has 1 unspecified atom stereocenters. The van der Waals surface area contributed by atoms with E-state index in [1.54, 1.807) is 36.4 Å². The summed E-state index contributed by atoms with van der Waals surface area (Å²) in [6.07, 6.45) is 4.70. The molecule has 2 heterocycles. The van der Waals surface area contributed by atoms with Gasteiger partial charge < -0.3 is 9.52 Å². The van der Waals surface area contributed by atoms with E-state index in [0.29, 0.717) is 17.5 Å². The lowest BCUT2D eigenvalue weighted by atomic mass is 9.85. The van der Waals surface area contributed by atoms with Gasteiger partial charge in [0.25, 0.3) is 10.0 Å². The number of sulfonamides is 1. The number of nitrogens with one attached hydrogen (secondary N) is 1. The molecule has 0 aliphatic heterocycles. The summed E-state index contributed by atoms with van der Waals surface area (Å²) in [4.78, 5) is 26.0. The maximum absolute atomic E-state index is 13.2. The third-order valence-corrected chi connectivity index (χ3v) is 8.65. The summed E-state index contributed by atoms with van der Waals surface area (Å²) in [5, 5.41) is 18.7. The molecule has 0 amide bonds. The number of hydrogen-bond donors (Lipinski definition) is 2. The van der Waals surface area contributed by atoms with Crippen molar-refractivity contribution in [2.45, 2.75) is 55.8 Å². The van der Waals surface area contributed by atoms with Crippen LogP contribution in [0.4, 0.5) is 5.69 Å². The van der Waals surface area contributed by atoms with Crippen LogP contribution in [0.1, 0.15) is 71.7 Å². The number of carbonyl (C=O) groups excluding carboxylic acids is 1. The van der Waals surface area contributed by atoms with Crippen LogP contribution in [0.3, 0.4) is 0 Å². The minimum absolute atomic E-state index is 0.0484. The quantitative estimate of drug-likeness (QED) is 0.363. The molecule has 1 saturated carbocycles. The number of nitrogens with zero attached hydrogens (tertiary/aromatic N) is 2. The Morgan fingerprint density at radius 1 is 1.00 bits per heavy atom. The zero-order valence-electron chi connectivity index (χ0n) is 20.3. The Morgan fingerprint density at radius 2 is 1.79 bits per heavy atom. The molecule has 2 aromatic carbocycles. The highest BCUT2D eigenvalue weighted by Crippen LogP contribution is 2.49. The highest BCUT2D eigenvalue weighted by Gasteiger charge is 2.39. The molecular weight excluding hydrogens is 510 g/mol. The third kappa shape index (κ3) is 4.36. The first kappa shape index (κ1) is 24.4. The van der Waals surface area contributed by atoms with Crippen LogP contribution in [-0.4, -0.2) is 29.6 Å². The molecule has 1 atom stereocenters. The minimum Gasteiger partial charge on any atom is -0.506 e. The van der Waals surface area contributed by atoms with Gasteiger partial charge in [-0.3, -0.25) is 9.52 Å². The summed E-state index contributed by atoms with van der Waals surface area (Å²) in [6, 6.07) is 11.2. The number of aromatic hydroxyl groups is 1. The highest BCUT2D eigenvalue weighted by atomic mass is 32.2. The zero-order valence-corrected chi connectivity index (χ0v) is 21.2. The summed E-state index contributed by atoms with van der Waals surface area (Å²) >= 11 is 0. The predicted octanol–water partition coefficient (Wildman–Crippen LogP) is 4.52. The third-order valence-electron chi connectivity index (χ3n) is 7.23. The number of hydrogen-bond acceptors (Lipinski definition) is 9. The molecule has 11 heteroatoms. The number of ketones is 1. The molecule has 2 aliphatic carbocycles. The molecule has 0 radical (unpaired) electrons. The molecule has 10 nitrogen and oxygen atoms in total. The van der Waals surface area contributed by atoms with Crippen molar-refractivity contribution in [3.05, 3.63) is 75.3 Å². The predicted molar refractivity (Wildman–Crippen MR) is 137 cm³/mol. The van der Waals surface area contributed by atoms with Crippen molar-refractivity contribution in [2.24, 2.45) is 5.92 Å². The Bertz CT molecular complexity index is 1720. The fourth-order valence-electron chi connectivity index (χ4n) is 5.30. The summed E-state index contributed by atoms with van der Waals surface area (Å²) in [7, 11) is -4.05. The molecule has 2 aliphatic rings. The Hall–Kier alpha value is -3.99. The van der Waals surface area contributed by atoms with E-state index in [0.717, 1.165) is 32.1 Å². The fourth-order valence-corrected chi connectivity index (χ4v) is 6.50. The molecule has 196 valence electrons. The highest BCUT2D eigenvalue weighted by molar-refractivity contribution is 7.93. The van der Waals surface area contributed by atoms with Gasteiger partial charge in [-0.05, 0) is 71.7 Å². The van der Waals surface area contributed by atoms with E-state index in [-0.39, 0.29) is 56.9 Å². The first-order valence-corrected chi connectivity index (χ1v) is 14.1. The molecule has 6 rings (SSSR count). The van der Waals surface area contributed by atoms with E-state index in [1.807, 2.05) is 0 Å². The van der Waals surface area contributed by atoms with Crippen LogP contribution < -0.4 is 10.3 Å². The SMILES string of the molecule is O=C1CCCCCc2oc(=O)c(C(c3cccc(NS(=O)(=O)c4cccc5nonc45)c3)C3CC3)c(O)c21. The average molecular weight is 536 g/mol. The van der Waals surface area contributed by atoms with Gasteiger partial charge in [0.1, 0.15) is 21.9 Å². The van der Waals surface area contributed by atoms with Crippen LogP contribution in [0.2, 0.25) is 0 Å². The van der Waals surface area contributed by atoms with Crippen LogP contribution in [0, 0.1) is 5.92 Å². The van der Waals surface area contributed by atoms with Gasteiger partial charge in [0.2, 0.25) is 0 Å².